The van der Waals surface area contributed by atoms with E-state index in [2.05, 4.69) is 54.5 Å². The molecule has 3 rings (SSSR count). The van der Waals surface area contributed by atoms with E-state index in [4.69, 9.17) is 0 Å². The Hall–Kier alpha value is -1.67. The summed E-state index contributed by atoms with van der Waals surface area (Å²) in [5.41, 5.74) is 5.75. The van der Waals surface area contributed by atoms with Gasteiger partial charge in [-0.1, -0.05) is 31.2 Å². The lowest BCUT2D eigenvalue weighted by atomic mass is 9.73. The molecule has 2 heteroatoms. The summed E-state index contributed by atoms with van der Waals surface area (Å²) in [4.78, 5) is 4.21. The van der Waals surface area contributed by atoms with Crippen molar-refractivity contribution in [3.63, 3.8) is 0 Å². The summed E-state index contributed by atoms with van der Waals surface area (Å²) in [5.74, 6) is 0.697. The topological polar surface area (TPSA) is 24.9 Å². The molecular weight excluding hydrogens is 244 g/mol. The quantitative estimate of drug-likeness (QED) is 0.891. The molecule has 0 spiro atoms. The van der Waals surface area contributed by atoms with Crippen LogP contribution in [-0.2, 0) is 6.42 Å². The first-order valence-corrected chi connectivity index (χ1v) is 7.51. The first-order chi connectivity index (χ1) is 9.79. The van der Waals surface area contributed by atoms with Gasteiger partial charge in [0.1, 0.15) is 0 Å². The van der Waals surface area contributed by atoms with Crippen molar-refractivity contribution in [3.8, 4) is 0 Å². The average Bonchev–Trinajstić information content (AvgIpc) is 2.44. The number of fused-ring (bicyclic) bond motifs is 1. The number of pyridine rings is 1. The molecule has 104 valence electrons. The summed E-state index contributed by atoms with van der Waals surface area (Å²) in [6, 6.07) is 11.4. The van der Waals surface area contributed by atoms with Crippen molar-refractivity contribution < 1.29 is 0 Å². The summed E-state index contributed by atoms with van der Waals surface area (Å²) in [6.45, 7) is 5.33. The summed E-state index contributed by atoms with van der Waals surface area (Å²) in [7, 11) is 0. The van der Waals surface area contributed by atoms with Gasteiger partial charge in [0.2, 0.25) is 0 Å². The lowest BCUT2D eigenvalue weighted by molar-refractivity contribution is 0.434. The maximum atomic E-state index is 4.21. The molecule has 1 aromatic heterocycles. The van der Waals surface area contributed by atoms with Gasteiger partial charge in [0.05, 0.1) is 0 Å². The molecule has 20 heavy (non-hydrogen) atoms. The number of nitrogens with one attached hydrogen (secondary N) is 1. The van der Waals surface area contributed by atoms with Crippen LogP contribution in [0.15, 0.2) is 42.7 Å². The van der Waals surface area contributed by atoms with E-state index in [1.54, 1.807) is 5.56 Å². The number of aryl methyl sites for hydroxylation is 1. The second kappa shape index (κ2) is 5.76. The molecule has 1 heterocycles. The van der Waals surface area contributed by atoms with E-state index in [0.717, 1.165) is 6.54 Å². The molecule has 0 amide bonds. The second-order valence-corrected chi connectivity index (χ2v) is 5.68. The molecule has 1 aliphatic carbocycles. The van der Waals surface area contributed by atoms with Gasteiger partial charge in [-0.15, -0.1) is 0 Å². The summed E-state index contributed by atoms with van der Waals surface area (Å²) < 4.78 is 0. The van der Waals surface area contributed by atoms with Crippen molar-refractivity contribution >= 4 is 0 Å². The van der Waals surface area contributed by atoms with Gasteiger partial charge in [0.25, 0.3) is 0 Å². The highest BCUT2D eigenvalue weighted by atomic mass is 14.9. The highest BCUT2D eigenvalue weighted by molar-refractivity contribution is 5.40. The van der Waals surface area contributed by atoms with Gasteiger partial charge in [0.15, 0.2) is 0 Å². The molecule has 0 fully saturated rings. The van der Waals surface area contributed by atoms with Crippen LogP contribution in [0.4, 0.5) is 0 Å². The van der Waals surface area contributed by atoms with Crippen molar-refractivity contribution in [2.45, 2.75) is 38.6 Å². The molecule has 2 atom stereocenters. The van der Waals surface area contributed by atoms with Gasteiger partial charge in [-0.05, 0) is 60.5 Å². The monoisotopic (exact) mass is 266 g/mol. The molecule has 2 nitrogen and oxygen atoms in total. The second-order valence-electron chi connectivity index (χ2n) is 5.68. The maximum absolute atomic E-state index is 4.21. The van der Waals surface area contributed by atoms with E-state index in [0.29, 0.717) is 12.0 Å². The van der Waals surface area contributed by atoms with Crippen molar-refractivity contribution in [1.29, 1.82) is 0 Å². The zero-order valence-electron chi connectivity index (χ0n) is 12.3. The highest BCUT2D eigenvalue weighted by Crippen LogP contribution is 2.40. The van der Waals surface area contributed by atoms with Crippen LogP contribution in [0.2, 0.25) is 0 Å². The molecule has 1 aromatic carbocycles. The van der Waals surface area contributed by atoms with E-state index >= 15 is 0 Å². The minimum Gasteiger partial charge on any atom is -0.310 e. The number of hydrogen-bond donors (Lipinski definition) is 1. The summed E-state index contributed by atoms with van der Waals surface area (Å²) in [5, 5.41) is 3.64. The van der Waals surface area contributed by atoms with Crippen LogP contribution in [0.25, 0.3) is 0 Å². The van der Waals surface area contributed by atoms with Gasteiger partial charge >= 0.3 is 0 Å². The third-order valence-corrected chi connectivity index (χ3v) is 4.37. The SMILES string of the molecule is CCNC(CC1Cc2ccccc21)c1ccncc1C. The standard InChI is InChI=1S/C18H22N2/c1-3-20-18(16-8-9-19-12-13(16)2)11-15-10-14-6-4-5-7-17(14)15/h4-9,12,15,18,20H,3,10-11H2,1-2H3. The molecule has 0 aliphatic heterocycles. The smallest absolute Gasteiger partial charge is 0.0329 e. The van der Waals surface area contributed by atoms with Crippen LogP contribution in [0, 0.1) is 6.92 Å². The summed E-state index contributed by atoms with van der Waals surface area (Å²) >= 11 is 0. The Labute approximate surface area is 121 Å². The van der Waals surface area contributed by atoms with Gasteiger partial charge in [-0.25, -0.2) is 0 Å². The van der Waals surface area contributed by atoms with E-state index < -0.39 is 0 Å². The van der Waals surface area contributed by atoms with Crippen molar-refractivity contribution in [2.75, 3.05) is 6.54 Å². The van der Waals surface area contributed by atoms with Gasteiger partial charge in [0, 0.05) is 18.4 Å². The van der Waals surface area contributed by atoms with Gasteiger partial charge < -0.3 is 5.32 Å². The van der Waals surface area contributed by atoms with Crippen molar-refractivity contribution in [3.05, 3.63) is 65.0 Å². The Balaban J connectivity index is 1.78. The lowest BCUT2D eigenvalue weighted by Gasteiger charge is -2.34. The lowest BCUT2D eigenvalue weighted by Crippen LogP contribution is -2.27. The molecule has 1 aliphatic rings. The van der Waals surface area contributed by atoms with Crippen LogP contribution in [-0.4, -0.2) is 11.5 Å². The van der Waals surface area contributed by atoms with Crippen molar-refractivity contribution in [2.24, 2.45) is 0 Å². The molecule has 2 unspecified atom stereocenters. The maximum Gasteiger partial charge on any atom is 0.0329 e. The average molecular weight is 266 g/mol. The molecule has 1 N–H and O–H groups in total. The van der Waals surface area contributed by atoms with Gasteiger partial charge in [-0.2, -0.15) is 0 Å². The van der Waals surface area contributed by atoms with Crippen LogP contribution in [0.1, 0.15) is 47.6 Å². The first-order valence-electron chi connectivity index (χ1n) is 7.51. The number of aromatic nitrogens is 1. The number of benzene rings is 1. The van der Waals surface area contributed by atoms with Gasteiger partial charge in [-0.3, -0.25) is 4.98 Å². The molecule has 2 aromatic rings. The molecular formula is C18H22N2. The first kappa shape index (κ1) is 13.3. The molecule has 0 saturated heterocycles. The Bertz CT molecular complexity index is 591. The number of rotatable bonds is 5. The van der Waals surface area contributed by atoms with Crippen LogP contribution < -0.4 is 5.32 Å². The van der Waals surface area contributed by atoms with E-state index in [1.807, 2.05) is 12.4 Å². The largest absolute Gasteiger partial charge is 0.310 e. The van der Waals surface area contributed by atoms with Crippen LogP contribution >= 0.6 is 0 Å². The minimum atomic E-state index is 0.432. The highest BCUT2D eigenvalue weighted by Gasteiger charge is 2.28. The van der Waals surface area contributed by atoms with E-state index in [1.165, 1.54) is 29.5 Å². The number of hydrogen-bond acceptors (Lipinski definition) is 2. The fourth-order valence-corrected chi connectivity index (χ4v) is 3.30. The predicted molar refractivity (Wildman–Crippen MR) is 82.9 cm³/mol. The van der Waals surface area contributed by atoms with E-state index in [-0.39, 0.29) is 0 Å². The van der Waals surface area contributed by atoms with Crippen LogP contribution in [0.3, 0.4) is 0 Å². The molecule has 0 saturated carbocycles. The molecule has 0 bridgehead atoms. The third kappa shape index (κ3) is 2.48. The Morgan fingerprint density at radius 2 is 2.15 bits per heavy atom. The minimum absolute atomic E-state index is 0.432. The molecule has 0 radical (unpaired) electrons. The van der Waals surface area contributed by atoms with Crippen molar-refractivity contribution in [1.82, 2.24) is 10.3 Å². The fourth-order valence-electron chi connectivity index (χ4n) is 3.30. The Morgan fingerprint density at radius 1 is 1.30 bits per heavy atom. The van der Waals surface area contributed by atoms with Crippen LogP contribution in [0.5, 0.6) is 0 Å². The zero-order chi connectivity index (χ0) is 13.9. The number of nitrogens with zero attached hydrogens (tertiary/aromatic N) is 1. The fraction of sp³-hybridized carbons (Fsp3) is 0.389. The third-order valence-electron chi connectivity index (χ3n) is 4.37. The normalized spacial score (nSPS) is 18.2. The van der Waals surface area contributed by atoms with E-state index in [9.17, 15) is 0 Å². The summed E-state index contributed by atoms with van der Waals surface area (Å²) in [6.07, 6.45) is 6.27. The Kier molecular flexibility index (Phi) is 3.83. The Morgan fingerprint density at radius 3 is 2.90 bits per heavy atom. The zero-order valence-corrected chi connectivity index (χ0v) is 12.3. The predicted octanol–water partition coefficient (Wildman–Crippen LogP) is 3.77.